The van der Waals surface area contributed by atoms with E-state index in [4.69, 9.17) is 4.42 Å². The van der Waals surface area contributed by atoms with E-state index >= 15 is 0 Å². The van der Waals surface area contributed by atoms with Gasteiger partial charge in [0.15, 0.2) is 5.96 Å². The maximum atomic E-state index is 14.0. The summed E-state index contributed by atoms with van der Waals surface area (Å²) in [5.41, 5.74) is 1.69. The quantitative estimate of drug-likeness (QED) is 0.290. The molecule has 1 atom stereocenters. The number of anilines is 1. The molecule has 1 aliphatic rings. The van der Waals surface area contributed by atoms with Crippen LogP contribution in [0.1, 0.15) is 12.1 Å². The van der Waals surface area contributed by atoms with Gasteiger partial charge in [-0.25, -0.2) is 13.8 Å². The molecule has 2 aromatic carbocycles. The molecule has 1 unspecified atom stereocenters. The van der Waals surface area contributed by atoms with Crippen molar-refractivity contribution in [3.8, 4) is 11.5 Å². The number of aliphatic imine (C=N–C) groups is 1. The van der Waals surface area contributed by atoms with Crippen molar-refractivity contribution in [2.75, 3.05) is 25.0 Å². The maximum absolute atomic E-state index is 14.0. The highest BCUT2D eigenvalue weighted by molar-refractivity contribution is 14.0. The van der Waals surface area contributed by atoms with Crippen LogP contribution in [0, 0.1) is 11.6 Å². The minimum absolute atomic E-state index is 0. The highest BCUT2D eigenvalue weighted by Crippen LogP contribution is 2.26. The third kappa shape index (κ3) is 5.52. The zero-order chi connectivity index (χ0) is 20.9. The fourth-order valence-electron chi connectivity index (χ4n) is 3.54. The molecule has 0 radical (unpaired) electrons. The molecular formula is C22H24F2IN5O. The van der Waals surface area contributed by atoms with Crippen molar-refractivity contribution in [1.82, 2.24) is 15.6 Å². The van der Waals surface area contributed by atoms with E-state index in [1.807, 2.05) is 30.3 Å². The van der Waals surface area contributed by atoms with Crippen molar-refractivity contribution in [1.29, 1.82) is 0 Å². The van der Waals surface area contributed by atoms with Crippen LogP contribution in [0.3, 0.4) is 0 Å². The number of nitrogens with one attached hydrogen (secondary N) is 2. The zero-order valence-corrected chi connectivity index (χ0v) is 19.3. The number of oxazole rings is 1. The Balaban J connectivity index is 0.00000272. The number of hydrogen-bond donors (Lipinski definition) is 2. The number of para-hydroxylation sites is 1. The van der Waals surface area contributed by atoms with Crippen LogP contribution in [0.25, 0.3) is 11.5 Å². The molecule has 6 nitrogen and oxygen atoms in total. The summed E-state index contributed by atoms with van der Waals surface area (Å²) in [6.45, 7) is 1.49. The van der Waals surface area contributed by atoms with Crippen molar-refractivity contribution >= 4 is 35.6 Å². The van der Waals surface area contributed by atoms with Crippen molar-refractivity contribution in [3.63, 3.8) is 0 Å². The first-order chi connectivity index (χ1) is 14.6. The molecule has 4 rings (SSSR count). The topological polar surface area (TPSA) is 65.7 Å². The summed E-state index contributed by atoms with van der Waals surface area (Å²) in [4.78, 5) is 10.4. The molecular weight excluding hydrogens is 515 g/mol. The lowest BCUT2D eigenvalue weighted by atomic mass is 10.2. The van der Waals surface area contributed by atoms with Gasteiger partial charge in [0.25, 0.3) is 0 Å². The SMILES string of the molecule is CN=C(NCc1coc(-c2ccccc2)n1)NC1CCN(c2c(F)cccc2F)C1.I. The van der Waals surface area contributed by atoms with E-state index < -0.39 is 11.6 Å². The molecule has 1 saturated heterocycles. The first-order valence-corrected chi connectivity index (χ1v) is 9.80. The van der Waals surface area contributed by atoms with Crippen LogP contribution >= 0.6 is 24.0 Å². The van der Waals surface area contributed by atoms with Crippen LogP contribution in [-0.2, 0) is 6.54 Å². The lowest BCUT2D eigenvalue weighted by Crippen LogP contribution is -2.44. The van der Waals surface area contributed by atoms with E-state index in [9.17, 15) is 8.78 Å². The fraction of sp³-hybridized carbons (Fsp3) is 0.273. The Bertz CT molecular complexity index is 1010. The predicted molar refractivity (Wildman–Crippen MR) is 128 cm³/mol. The van der Waals surface area contributed by atoms with Gasteiger partial charge < -0.3 is 20.0 Å². The van der Waals surface area contributed by atoms with Crippen molar-refractivity contribution in [2.45, 2.75) is 19.0 Å². The lowest BCUT2D eigenvalue weighted by Gasteiger charge is -2.21. The van der Waals surface area contributed by atoms with Crippen LogP contribution in [0.5, 0.6) is 0 Å². The molecule has 1 aromatic heterocycles. The predicted octanol–water partition coefficient (Wildman–Crippen LogP) is 4.18. The minimum Gasteiger partial charge on any atom is -0.444 e. The van der Waals surface area contributed by atoms with Crippen LogP contribution in [0.2, 0.25) is 0 Å². The number of nitrogens with zero attached hydrogens (tertiary/aromatic N) is 3. The van der Waals surface area contributed by atoms with E-state index in [-0.39, 0.29) is 35.7 Å². The van der Waals surface area contributed by atoms with Gasteiger partial charge >= 0.3 is 0 Å². The Labute approximate surface area is 196 Å². The summed E-state index contributed by atoms with van der Waals surface area (Å²) in [6, 6.07) is 13.6. The maximum Gasteiger partial charge on any atom is 0.226 e. The number of rotatable bonds is 5. The van der Waals surface area contributed by atoms with Gasteiger partial charge in [0, 0.05) is 31.7 Å². The zero-order valence-electron chi connectivity index (χ0n) is 17.0. The van der Waals surface area contributed by atoms with E-state index in [1.165, 1.54) is 18.2 Å². The van der Waals surface area contributed by atoms with Crippen molar-refractivity contribution in [3.05, 3.63) is 72.1 Å². The van der Waals surface area contributed by atoms with E-state index in [0.717, 1.165) is 17.7 Å². The second-order valence-corrected chi connectivity index (χ2v) is 7.08. The molecule has 0 spiro atoms. The normalized spacial score (nSPS) is 16.2. The third-order valence-electron chi connectivity index (χ3n) is 5.02. The Morgan fingerprint density at radius 2 is 1.90 bits per heavy atom. The molecule has 2 N–H and O–H groups in total. The molecule has 2 heterocycles. The molecule has 0 saturated carbocycles. The Kier molecular flexibility index (Phi) is 7.83. The van der Waals surface area contributed by atoms with E-state index in [1.54, 1.807) is 18.2 Å². The molecule has 0 aliphatic carbocycles. The molecule has 0 amide bonds. The van der Waals surface area contributed by atoms with Crippen molar-refractivity contribution in [2.24, 2.45) is 4.99 Å². The number of halogens is 3. The van der Waals surface area contributed by atoms with Crippen LogP contribution in [0.4, 0.5) is 14.5 Å². The van der Waals surface area contributed by atoms with Gasteiger partial charge in [0.05, 0.1) is 12.2 Å². The van der Waals surface area contributed by atoms with Gasteiger partial charge in [0.2, 0.25) is 5.89 Å². The lowest BCUT2D eigenvalue weighted by molar-refractivity contribution is 0.571. The number of benzene rings is 2. The van der Waals surface area contributed by atoms with Gasteiger partial charge in [-0.1, -0.05) is 24.3 Å². The van der Waals surface area contributed by atoms with Gasteiger partial charge in [-0.05, 0) is 30.7 Å². The highest BCUT2D eigenvalue weighted by atomic mass is 127. The van der Waals surface area contributed by atoms with Crippen LogP contribution < -0.4 is 15.5 Å². The largest absolute Gasteiger partial charge is 0.444 e. The summed E-state index contributed by atoms with van der Waals surface area (Å²) in [7, 11) is 1.68. The Hall–Kier alpha value is -2.69. The molecule has 0 bridgehead atoms. The first kappa shape index (κ1) is 23.0. The number of aromatic nitrogens is 1. The summed E-state index contributed by atoms with van der Waals surface area (Å²) in [6.07, 6.45) is 2.36. The van der Waals surface area contributed by atoms with Gasteiger partial charge in [0.1, 0.15) is 23.6 Å². The number of guanidine groups is 1. The molecule has 164 valence electrons. The molecule has 31 heavy (non-hydrogen) atoms. The third-order valence-corrected chi connectivity index (χ3v) is 5.02. The average Bonchev–Trinajstić information content (AvgIpc) is 3.41. The first-order valence-electron chi connectivity index (χ1n) is 9.80. The molecule has 9 heteroatoms. The minimum atomic E-state index is -0.543. The average molecular weight is 539 g/mol. The highest BCUT2D eigenvalue weighted by Gasteiger charge is 2.27. The molecule has 3 aromatic rings. The second kappa shape index (κ2) is 10.6. The summed E-state index contributed by atoms with van der Waals surface area (Å²) < 4.78 is 33.6. The van der Waals surface area contributed by atoms with Crippen LogP contribution in [-0.4, -0.2) is 37.1 Å². The van der Waals surface area contributed by atoms with E-state index in [2.05, 4.69) is 20.6 Å². The van der Waals surface area contributed by atoms with Gasteiger partial charge in [-0.2, -0.15) is 0 Å². The van der Waals surface area contributed by atoms with Gasteiger partial charge in [-0.3, -0.25) is 4.99 Å². The second-order valence-electron chi connectivity index (χ2n) is 7.08. The standard InChI is InChI=1S/C22H23F2N5O.HI/c1-25-22(26-12-17-14-30-21(27-17)15-6-3-2-4-7-15)28-16-10-11-29(13-16)20-18(23)8-5-9-19(20)24;/h2-9,14,16H,10-13H2,1H3,(H2,25,26,28);1H. The smallest absolute Gasteiger partial charge is 0.226 e. The monoisotopic (exact) mass is 539 g/mol. The molecule has 1 fully saturated rings. The Morgan fingerprint density at radius 1 is 1.16 bits per heavy atom. The summed E-state index contributed by atoms with van der Waals surface area (Å²) >= 11 is 0. The van der Waals surface area contributed by atoms with E-state index in [0.29, 0.717) is 31.5 Å². The Morgan fingerprint density at radius 3 is 2.61 bits per heavy atom. The van der Waals surface area contributed by atoms with Crippen LogP contribution in [0.15, 0.2) is 64.2 Å². The fourth-order valence-corrected chi connectivity index (χ4v) is 3.54. The molecule has 1 aliphatic heterocycles. The summed E-state index contributed by atoms with van der Waals surface area (Å²) in [5, 5.41) is 6.51. The summed E-state index contributed by atoms with van der Waals surface area (Å²) in [5.74, 6) is 0.0747. The number of hydrogen-bond acceptors (Lipinski definition) is 4. The van der Waals surface area contributed by atoms with Crippen molar-refractivity contribution < 1.29 is 13.2 Å². The van der Waals surface area contributed by atoms with Gasteiger partial charge in [-0.15, -0.1) is 24.0 Å².